The minimum Gasteiger partial charge on any atom is -0.480 e. The number of hydrogen-bond acceptors (Lipinski definition) is 7. The summed E-state index contributed by atoms with van der Waals surface area (Å²) in [4.78, 5) is 49.9. The summed E-state index contributed by atoms with van der Waals surface area (Å²) in [6, 6.07) is 5.13. The van der Waals surface area contributed by atoms with E-state index in [1.807, 2.05) is 26.2 Å². The van der Waals surface area contributed by atoms with Crippen LogP contribution in [0.25, 0.3) is 0 Å². The summed E-state index contributed by atoms with van der Waals surface area (Å²) in [6.07, 6.45) is 2.70. The van der Waals surface area contributed by atoms with Crippen LogP contribution in [0.1, 0.15) is 32.3 Å². The van der Waals surface area contributed by atoms with Gasteiger partial charge >= 0.3 is 5.97 Å². The largest absolute Gasteiger partial charge is 0.480 e. The van der Waals surface area contributed by atoms with Crippen LogP contribution in [-0.2, 0) is 25.6 Å². The molecule has 1 aromatic rings. The first-order valence-corrected chi connectivity index (χ1v) is 13.1. The third-order valence-corrected chi connectivity index (χ3v) is 6.03. The maximum absolute atomic E-state index is 13.0. The van der Waals surface area contributed by atoms with Gasteiger partial charge in [0, 0.05) is 12.2 Å². The molecule has 0 radical (unpaired) electrons. The number of thioether (sulfide) groups is 1. The zero-order valence-corrected chi connectivity index (χ0v) is 21.5. The molecule has 0 saturated heterocycles. The summed E-state index contributed by atoms with van der Waals surface area (Å²) in [5.74, 6) is -2.09. The van der Waals surface area contributed by atoms with Crippen molar-refractivity contribution in [3.05, 3.63) is 35.9 Å². The highest BCUT2D eigenvalue weighted by Gasteiger charge is 2.30. The van der Waals surface area contributed by atoms with Crippen LogP contribution >= 0.6 is 24.4 Å². The van der Waals surface area contributed by atoms with Gasteiger partial charge in [-0.15, -0.1) is 0 Å². The van der Waals surface area contributed by atoms with E-state index >= 15 is 0 Å². The summed E-state index contributed by atoms with van der Waals surface area (Å²) in [6.45, 7) is 3.87. The molecule has 0 aliphatic carbocycles. The van der Waals surface area contributed by atoms with Gasteiger partial charge in [0.05, 0.1) is 6.04 Å². The molecular formula is C23H36N4O5S2. The molecule has 0 bridgehead atoms. The van der Waals surface area contributed by atoms with Gasteiger partial charge in [-0.25, -0.2) is 4.79 Å². The topological polar surface area (TPSA) is 151 Å². The van der Waals surface area contributed by atoms with Gasteiger partial charge in [0.1, 0.15) is 18.1 Å². The van der Waals surface area contributed by atoms with Crippen molar-refractivity contribution >= 4 is 48.1 Å². The molecule has 0 heterocycles. The molecule has 11 heteroatoms. The Kier molecular flexibility index (Phi) is 13.7. The van der Waals surface area contributed by atoms with Crippen LogP contribution in [-0.4, -0.2) is 70.7 Å². The van der Waals surface area contributed by atoms with Crippen molar-refractivity contribution in [2.75, 3.05) is 17.8 Å². The summed E-state index contributed by atoms with van der Waals surface area (Å²) >= 11 is 5.64. The van der Waals surface area contributed by atoms with E-state index in [9.17, 15) is 24.3 Å². The molecule has 0 aromatic heterocycles. The van der Waals surface area contributed by atoms with E-state index in [-0.39, 0.29) is 24.5 Å². The highest BCUT2D eigenvalue weighted by molar-refractivity contribution is 7.98. The second-order valence-electron chi connectivity index (χ2n) is 8.41. The molecule has 3 amide bonds. The Balaban J connectivity index is 2.98. The van der Waals surface area contributed by atoms with Gasteiger partial charge in [0.15, 0.2) is 0 Å². The molecule has 9 nitrogen and oxygen atoms in total. The first-order chi connectivity index (χ1) is 16.1. The number of rotatable bonds is 15. The minimum absolute atomic E-state index is 0.00286. The van der Waals surface area contributed by atoms with Gasteiger partial charge in [-0.05, 0) is 36.3 Å². The van der Waals surface area contributed by atoms with Crippen LogP contribution in [0.2, 0.25) is 0 Å². The number of carboxylic acids is 1. The monoisotopic (exact) mass is 512 g/mol. The van der Waals surface area contributed by atoms with Crippen LogP contribution in [0.5, 0.6) is 0 Å². The number of benzene rings is 1. The van der Waals surface area contributed by atoms with Crippen LogP contribution in [0, 0.1) is 5.92 Å². The lowest BCUT2D eigenvalue weighted by Crippen LogP contribution is -2.58. The number of carbonyl (C=O) groups is 4. The number of nitrogens with one attached hydrogen (secondary N) is 3. The normalized spacial score (nSPS) is 14.5. The Hall–Kier alpha value is -2.24. The lowest BCUT2D eigenvalue weighted by Gasteiger charge is -2.25. The van der Waals surface area contributed by atoms with E-state index in [0.717, 1.165) is 5.56 Å². The third-order valence-electron chi connectivity index (χ3n) is 5.02. The summed E-state index contributed by atoms with van der Waals surface area (Å²) in [5, 5.41) is 17.2. The van der Waals surface area contributed by atoms with Crippen molar-refractivity contribution in [3.63, 3.8) is 0 Å². The number of thiol groups is 1. The fraction of sp³-hybridized carbons (Fsp3) is 0.565. The van der Waals surface area contributed by atoms with Gasteiger partial charge in [-0.3, -0.25) is 14.4 Å². The average Bonchev–Trinajstić information content (AvgIpc) is 2.79. The fourth-order valence-corrected chi connectivity index (χ4v) is 3.91. The van der Waals surface area contributed by atoms with Crippen LogP contribution in [0.15, 0.2) is 30.3 Å². The predicted octanol–water partition coefficient (Wildman–Crippen LogP) is 0.824. The van der Waals surface area contributed by atoms with Gasteiger partial charge in [0.25, 0.3) is 0 Å². The molecule has 190 valence electrons. The lowest BCUT2D eigenvalue weighted by atomic mass is 10.0. The number of amides is 3. The summed E-state index contributed by atoms with van der Waals surface area (Å²) in [7, 11) is 0. The molecule has 0 aliphatic heterocycles. The molecule has 0 aliphatic rings. The number of carboxylic acid groups (broad SMARTS) is 1. The van der Waals surface area contributed by atoms with Crippen molar-refractivity contribution in [2.24, 2.45) is 11.7 Å². The second kappa shape index (κ2) is 15.6. The molecular weight excluding hydrogens is 476 g/mol. The summed E-state index contributed by atoms with van der Waals surface area (Å²) in [5.41, 5.74) is 6.69. The number of nitrogens with two attached hydrogens (primary N) is 1. The maximum atomic E-state index is 13.0. The number of carbonyl (C=O) groups excluding carboxylic acids is 3. The Morgan fingerprint density at radius 1 is 0.971 bits per heavy atom. The molecule has 1 aromatic carbocycles. The predicted molar refractivity (Wildman–Crippen MR) is 138 cm³/mol. The van der Waals surface area contributed by atoms with Gasteiger partial charge < -0.3 is 26.8 Å². The van der Waals surface area contributed by atoms with Gasteiger partial charge in [-0.2, -0.15) is 24.4 Å². The van der Waals surface area contributed by atoms with Crippen molar-refractivity contribution in [3.8, 4) is 0 Å². The Labute approximate surface area is 210 Å². The highest BCUT2D eigenvalue weighted by atomic mass is 32.2. The van der Waals surface area contributed by atoms with Crippen LogP contribution in [0.3, 0.4) is 0 Å². The minimum atomic E-state index is -1.15. The summed E-state index contributed by atoms with van der Waals surface area (Å²) < 4.78 is 0. The standard InChI is InChI=1S/C23H36N4O5S2/c1-14(2)11-16(24)20(28)27-19(13-33)22(30)26-18(12-15-7-5-4-6-8-15)21(29)25-17(23(31)32)9-10-34-3/h4-8,14,16-19,33H,9-13,24H2,1-3H3,(H,25,29)(H,26,30)(H,27,28)(H,31,32). The van der Waals surface area contributed by atoms with E-state index < -0.39 is 47.9 Å². The quantitative estimate of drug-likeness (QED) is 0.190. The van der Waals surface area contributed by atoms with E-state index in [4.69, 9.17) is 5.73 Å². The Bertz CT molecular complexity index is 810. The second-order valence-corrected chi connectivity index (χ2v) is 9.76. The highest BCUT2D eigenvalue weighted by Crippen LogP contribution is 2.07. The van der Waals surface area contributed by atoms with E-state index in [0.29, 0.717) is 12.2 Å². The van der Waals surface area contributed by atoms with E-state index in [1.54, 1.807) is 24.3 Å². The zero-order valence-electron chi connectivity index (χ0n) is 19.8. The van der Waals surface area contributed by atoms with Crippen molar-refractivity contribution < 1.29 is 24.3 Å². The number of hydrogen-bond donors (Lipinski definition) is 6. The Morgan fingerprint density at radius 2 is 1.53 bits per heavy atom. The van der Waals surface area contributed by atoms with Crippen molar-refractivity contribution in [1.82, 2.24) is 16.0 Å². The molecule has 4 unspecified atom stereocenters. The lowest BCUT2D eigenvalue weighted by molar-refractivity contribution is -0.142. The molecule has 1 rings (SSSR count). The molecule has 0 saturated carbocycles. The molecule has 0 spiro atoms. The van der Waals surface area contributed by atoms with Gasteiger partial charge in [-0.1, -0.05) is 44.2 Å². The van der Waals surface area contributed by atoms with Crippen LogP contribution in [0.4, 0.5) is 0 Å². The molecule has 4 atom stereocenters. The SMILES string of the molecule is CSCCC(NC(=O)C(Cc1ccccc1)NC(=O)C(CS)NC(=O)C(N)CC(C)C)C(=O)O. The number of aliphatic carboxylic acids is 1. The first-order valence-electron chi connectivity index (χ1n) is 11.1. The van der Waals surface area contributed by atoms with E-state index in [1.165, 1.54) is 11.8 Å². The van der Waals surface area contributed by atoms with Crippen molar-refractivity contribution in [2.45, 2.75) is 57.3 Å². The molecule has 0 fully saturated rings. The molecule has 34 heavy (non-hydrogen) atoms. The van der Waals surface area contributed by atoms with Gasteiger partial charge in [0.2, 0.25) is 17.7 Å². The smallest absolute Gasteiger partial charge is 0.326 e. The van der Waals surface area contributed by atoms with Crippen LogP contribution < -0.4 is 21.7 Å². The Morgan fingerprint density at radius 3 is 2.06 bits per heavy atom. The molecule has 6 N–H and O–H groups in total. The maximum Gasteiger partial charge on any atom is 0.326 e. The fourth-order valence-electron chi connectivity index (χ4n) is 3.18. The van der Waals surface area contributed by atoms with Crippen molar-refractivity contribution in [1.29, 1.82) is 0 Å². The zero-order chi connectivity index (χ0) is 25.7. The first kappa shape index (κ1) is 29.8. The third kappa shape index (κ3) is 10.8. The van der Waals surface area contributed by atoms with E-state index in [2.05, 4.69) is 28.6 Å². The average molecular weight is 513 g/mol.